The summed E-state index contributed by atoms with van der Waals surface area (Å²) in [5.74, 6) is 1.30. The smallest absolute Gasteiger partial charge is 0.0984 e. The van der Waals surface area contributed by atoms with Gasteiger partial charge in [-0.05, 0) is 12.8 Å². The number of nitrogens with one attached hydrogen (secondary N) is 1. The molecule has 1 rings (SSSR count). The zero-order valence-electron chi connectivity index (χ0n) is 6.15. The third-order valence-electron chi connectivity index (χ3n) is 2.01. The fourth-order valence-electron chi connectivity index (χ4n) is 1.27. The first kappa shape index (κ1) is 6.59. The number of piperidine rings is 1. The van der Waals surface area contributed by atoms with E-state index < -0.39 is 0 Å². The summed E-state index contributed by atoms with van der Waals surface area (Å²) in [4.78, 5) is 2.04. The molecule has 2 nitrogen and oxygen atoms in total. The highest BCUT2D eigenvalue weighted by Crippen LogP contribution is 2.15. The van der Waals surface area contributed by atoms with Crippen LogP contribution in [0.1, 0.15) is 19.8 Å². The summed E-state index contributed by atoms with van der Waals surface area (Å²) < 4.78 is 0. The third kappa shape index (κ3) is 1.23. The molecule has 0 aromatic heterocycles. The van der Waals surface area contributed by atoms with Crippen LogP contribution < -0.4 is 0 Å². The van der Waals surface area contributed by atoms with E-state index in [4.69, 9.17) is 5.41 Å². The second-order valence-corrected chi connectivity index (χ2v) is 2.85. The van der Waals surface area contributed by atoms with Gasteiger partial charge in [-0.2, -0.15) is 0 Å². The minimum absolute atomic E-state index is 0.490. The van der Waals surface area contributed by atoms with Gasteiger partial charge < -0.3 is 4.90 Å². The quantitative estimate of drug-likeness (QED) is 0.520. The first-order valence-electron chi connectivity index (χ1n) is 3.51. The van der Waals surface area contributed by atoms with Crippen molar-refractivity contribution in [2.75, 3.05) is 13.6 Å². The number of amidine groups is 1. The second-order valence-electron chi connectivity index (χ2n) is 2.85. The highest BCUT2D eigenvalue weighted by molar-refractivity contribution is 5.81. The highest BCUT2D eigenvalue weighted by atomic mass is 15.1. The normalized spacial score (nSPS) is 28.9. The average Bonchev–Trinajstić information content (AvgIpc) is 1.83. The molecule has 1 fully saturated rings. The van der Waals surface area contributed by atoms with Crippen molar-refractivity contribution in [2.45, 2.75) is 19.8 Å². The van der Waals surface area contributed by atoms with Crippen LogP contribution in [0.4, 0.5) is 0 Å². The Morgan fingerprint density at radius 3 is 2.78 bits per heavy atom. The summed E-state index contributed by atoms with van der Waals surface area (Å²) in [6, 6.07) is 0. The maximum Gasteiger partial charge on any atom is 0.0984 e. The Kier molecular flexibility index (Phi) is 1.74. The molecular weight excluding hydrogens is 112 g/mol. The van der Waals surface area contributed by atoms with E-state index in [0.29, 0.717) is 5.92 Å². The molecule has 0 aromatic carbocycles. The van der Waals surface area contributed by atoms with Crippen molar-refractivity contribution in [3.63, 3.8) is 0 Å². The summed E-state index contributed by atoms with van der Waals surface area (Å²) in [5, 5.41) is 7.53. The Bertz CT molecular complexity index is 108. The maximum absolute atomic E-state index is 7.53. The number of hydrogen-bond acceptors (Lipinski definition) is 1. The summed E-state index contributed by atoms with van der Waals surface area (Å²) >= 11 is 0. The van der Waals surface area contributed by atoms with Crippen LogP contribution in [0.5, 0.6) is 0 Å². The summed E-state index contributed by atoms with van der Waals surface area (Å²) in [7, 11) is 2.00. The number of hydrogen-bond donors (Lipinski definition) is 1. The molecule has 9 heavy (non-hydrogen) atoms. The van der Waals surface area contributed by atoms with Crippen molar-refractivity contribution >= 4 is 5.84 Å². The van der Waals surface area contributed by atoms with Crippen LogP contribution in [0, 0.1) is 11.3 Å². The zero-order chi connectivity index (χ0) is 6.85. The van der Waals surface area contributed by atoms with Gasteiger partial charge in [-0.3, -0.25) is 5.41 Å². The molecule has 0 amide bonds. The fraction of sp³-hybridized carbons (Fsp3) is 0.857. The Balaban J connectivity index is 2.52. The first-order chi connectivity index (χ1) is 4.22. The summed E-state index contributed by atoms with van der Waals surface area (Å²) in [5.41, 5.74) is 0. The van der Waals surface area contributed by atoms with Gasteiger partial charge in [-0.25, -0.2) is 0 Å². The van der Waals surface area contributed by atoms with E-state index in [1.807, 2.05) is 11.9 Å². The molecule has 52 valence electrons. The van der Waals surface area contributed by atoms with Gasteiger partial charge in [0.2, 0.25) is 0 Å². The van der Waals surface area contributed by atoms with E-state index in [-0.39, 0.29) is 0 Å². The van der Waals surface area contributed by atoms with E-state index >= 15 is 0 Å². The van der Waals surface area contributed by atoms with Crippen molar-refractivity contribution in [3.8, 4) is 0 Å². The number of nitrogens with zero attached hydrogens (tertiary/aromatic N) is 1. The van der Waals surface area contributed by atoms with Gasteiger partial charge >= 0.3 is 0 Å². The molecule has 1 aliphatic heterocycles. The van der Waals surface area contributed by atoms with Crippen LogP contribution in [-0.4, -0.2) is 24.3 Å². The van der Waals surface area contributed by atoms with Gasteiger partial charge in [0, 0.05) is 19.5 Å². The average molecular weight is 126 g/mol. The zero-order valence-corrected chi connectivity index (χ0v) is 6.15. The fourth-order valence-corrected chi connectivity index (χ4v) is 1.27. The Labute approximate surface area is 56.4 Å². The molecule has 0 aromatic rings. The van der Waals surface area contributed by atoms with Crippen molar-refractivity contribution in [2.24, 2.45) is 5.92 Å². The van der Waals surface area contributed by atoms with Crippen molar-refractivity contribution in [1.29, 1.82) is 5.41 Å². The predicted molar refractivity (Wildman–Crippen MR) is 38.8 cm³/mol. The lowest BCUT2D eigenvalue weighted by Crippen LogP contribution is -2.36. The second kappa shape index (κ2) is 2.38. The highest BCUT2D eigenvalue weighted by Gasteiger charge is 2.17. The molecule has 1 saturated heterocycles. The summed E-state index contributed by atoms with van der Waals surface area (Å²) in [6.45, 7) is 3.20. The first-order valence-corrected chi connectivity index (χ1v) is 3.51. The van der Waals surface area contributed by atoms with Crippen molar-refractivity contribution < 1.29 is 0 Å². The molecule has 0 bridgehead atoms. The largest absolute Gasteiger partial charge is 0.363 e. The molecule has 2 heteroatoms. The van der Waals surface area contributed by atoms with Gasteiger partial charge in [0.1, 0.15) is 0 Å². The SMILES string of the molecule is C[C@H]1CCCN(C)C1=N. The lowest BCUT2D eigenvalue weighted by Gasteiger charge is -2.29. The Morgan fingerprint density at radius 2 is 2.33 bits per heavy atom. The Hall–Kier alpha value is -0.530. The van der Waals surface area contributed by atoms with Crippen molar-refractivity contribution in [3.05, 3.63) is 0 Å². The molecule has 0 aliphatic carbocycles. The van der Waals surface area contributed by atoms with Gasteiger partial charge in [-0.1, -0.05) is 6.92 Å². The standard InChI is InChI=1S/C7H14N2/c1-6-4-3-5-9(2)7(6)8/h6,8H,3-5H2,1-2H3/t6-/m0/s1. The predicted octanol–water partition coefficient (Wildman–Crippen LogP) is 1.33. The number of rotatable bonds is 0. The van der Waals surface area contributed by atoms with Gasteiger partial charge in [0.05, 0.1) is 5.84 Å². The number of likely N-dealkylation sites (tertiary alicyclic amines) is 1. The van der Waals surface area contributed by atoms with E-state index in [1.54, 1.807) is 0 Å². The van der Waals surface area contributed by atoms with Crippen LogP contribution in [0.25, 0.3) is 0 Å². The molecule has 1 aliphatic rings. The molecule has 1 atom stereocenters. The lowest BCUT2D eigenvalue weighted by atomic mass is 9.99. The molecule has 1 N–H and O–H groups in total. The van der Waals surface area contributed by atoms with E-state index in [2.05, 4.69) is 6.92 Å². The minimum atomic E-state index is 0.490. The van der Waals surface area contributed by atoms with Crippen LogP contribution >= 0.6 is 0 Å². The molecule has 0 spiro atoms. The molecule has 0 unspecified atom stereocenters. The van der Waals surface area contributed by atoms with E-state index in [0.717, 1.165) is 12.4 Å². The molecule has 0 saturated carbocycles. The minimum Gasteiger partial charge on any atom is -0.363 e. The maximum atomic E-state index is 7.53. The van der Waals surface area contributed by atoms with Gasteiger partial charge in [0.15, 0.2) is 0 Å². The molecular formula is C7H14N2. The monoisotopic (exact) mass is 126 g/mol. The summed E-state index contributed by atoms with van der Waals surface area (Å²) in [6.07, 6.45) is 2.45. The van der Waals surface area contributed by atoms with Gasteiger partial charge in [0.25, 0.3) is 0 Å². The van der Waals surface area contributed by atoms with Crippen LogP contribution in [0.15, 0.2) is 0 Å². The van der Waals surface area contributed by atoms with E-state index in [9.17, 15) is 0 Å². The Morgan fingerprint density at radius 1 is 1.67 bits per heavy atom. The van der Waals surface area contributed by atoms with Crippen LogP contribution in [0.3, 0.4) is 0 Å². The van der Waals surface area contributed by atoms with Gasteiger partial charge in [-0.15, -0.1) is 0 Å². The third-order valence-corrected chi connectivity index (χ3v) is 2.01. The molecule has 1 heterocycles. The van der Waals surface area contributed by atoms with Crippen molar-refractivity contribution in [1.82, 2.24) is 4.90 Å². The van der Waals surface area contributed by atoms with Crippen LogP contribution in [-0.2, 0) is 0 Å². The lowest BCUT2D eigenvalue weighted by molar-refractivity contribution is 0.385. The topological polar surface area (TPSA) is 27.1 Å². The molecule has 0 radical (unpaired) electrons. The van der Waals surface area contributed by atoms with E-state index in [1.165, 1.54) is 12.8 Å². The van der Waals surface area contributed by atoms with Crippen LogP contribution in [0.2, 0.25) is 0 Å².